The second kappa shape index (κ2) is 5.90. The Bertz CT molecular complexity index is 572. The molecule has 1 heterocycles. The van der Waals surface area contributed by atoms with E-state index in [-0.39, 0.29) is 13.0 Å². The monoisotopic (exact) mass is 292 g/mol. The van der Waals surface area contributed by atoms with E-state index in [1.54, 1.807) is 19.1 Å². The lowest BCUT2D eigenvalue weighted by molar-refractivity contribution is -0.481. The first-order valence-electron chi connectivity index (χ1n) is 6.52. The van der Waals surface area contributed by atoms with Crippen LogP contribution in [0.25, 0.3) is 0 Å². The lowest BCUT2D eigenvalue weighted by Gasteiger charge is -2.24. The van der Waals surface area contributed by atoms with E-state index in [1.165, 1.54) is 7.11 Å². The van der Waals surface area contributed by atoms with Crippen molar-refractivity contribution in [3.63, 3.8) is 0 Å². The first kappa shape index (κ1) is 15.0. The van der Waals surface area contributed by atoms with Crippen molar-refractivity contribution in [3.8, 4) is 0 Å². The Kier molecular flexibility index (Phi) is 4.21. The Labute approximate surface area is 121 Å². The summed E-state index contributed by atoms with van der Waals surface area (Å²) in [7, 11) is 1.24. The summed E-state index contributed by atoms with van der Waals surface area (Å²) in [5, 5.41) is 10.6. The Morgan fingerprint density at radius 3 is 2.71 bits per heavy atom. The summed E-state index contributed by atoms with van der Waals surface area (Å²) in [5.74, 6) is -0.320. The minimum Gasteiger partial charge on any atom is -0.471 e. The number of hydrogen-bond donors (Lipinski definition) is 0. The summed E-state index contributed by atoms with van der Waals surface area (Å²) in [5.41, 5.74) is -0.649. The molecule has 0 saturated carbocycles. The van der Waals surface area contributed by atoms with Gasteiger partial charge in [-0.1, -0.05) is 18.2 Å². The van der Waals surface area contributed by atoms with Gasteiger partial charge in [-0.25, -0.2) is 9.79 Å². The van der Waals surface area contributed by atoms with Crippen LogP contribution in [0.15, 0.2) is 35.3 Å². The van der Waals surface area contributed by atoms with Crippen LogP contribution < -0.4 is 0 Å². The lowest BCUT2D eigenvalue weighted by Crippen LogP contribution is -2.46. The molecule has 7 nitrogen and oxygen atoms in total. The van der Waals surface area contributed by atoms with Gasteiger partial charge in [0.15, 0.2) is 0 Å². The van der Waals surface area contributed by atoms with Gasteiger partial charge < -0.3 is 9.47 Å². The number of esters is 1. The summed E-state index contributed by atoms with van der Waals surface area (Å²) in [6.07, 6.45) is -0.690. The molecule has 21 heavy (non-hydrogen) atoms. The summed E-state index contributed by atoms with van der Waals surface area (Å²) < 4.78 is 10.4. The number of benzene rings is 1. The van der Waals surface area contributed by atoms with E-state index < -0.39 is 22.5 Å². The summed E-state index contributed by atoms with van der Waals surface area (Å²) in [6.45, 7) is 1.28. The quantitative estimate of drug-likeness (QED) is 0.465. The molecule has 0 radical (unpaired) electrons. The average Bonchev–Trinajstić information content (AvgIpc) is 2.83. The molecule has 7 heteroatoms. The van der Waals surface area contributed by atoms with Gasteiger partial charge >= 0.3 is 5.97 Å². The maximum atomic E-state index is 12.1. The van der Waals surface area contributed by atoms with Crippen molar-refractivity contribution in [3.05, 3.63) is 46.0 Å². The summed E-state index contributed by atoms with van der Waals surface area (Å²) in [4.78, 5) is 26.6. The van der Waals surface area contributed by atoms with Gasteiger partial charge in [0.05, 0.1) is 13.5 Å². The molecule has 0 saturated heterocycles. The van der Waals surface area contributed by atoms with E-state index in [9.17, 15) is 14.9 Å². The zero-order valence-corrected chi connectivity index (χ0v) is 11.8. The van der Waals surface area contributed by atoms with Crippen LogP contribution in [0.3, 0.4) is 0 Å². The van der Waals surface area contributed by atoms with Crippen molar-refractivity contribution in [2.45, 2.75) is 25.0 Å². The smallest absolute Gasteiger partial charge is 0.338 e. The number of carbonyl (C=O) groups is 1. The fourth-order valence-electron chi connectivity index (χ4n) is 2.29. The van der Waals surface area contributed by atoms with Crippen molar-refractivity contribution in [1.29, 1.82) is 0 Å². The van der Waals surface area contributed by atoms with Crippen LogP contribution in [0.2, 0.25) is 0 Å². The number of hydrogen-bond acceptors (Lipinski definition) is 6. The SMILES string of the molecule is COC(=O)[C@@]1(CC[N+](=O)[O-])N=C(c2ccccc2)O[C@@H]1C. The van der Waals surface area contributed by atoms with Crippen LogP contribution in [-0.4, -0.2) is 42.1 Å². The van der Waals surface area contributed by atoms with Crippen LogP contribution >= 0.6 is 0 Å². The van der Waals surface area contributed by atoms with Gasteiger partial charge in [-0.2, -0.15) is 0 Å². The fourth-order valence-corrected chi connectivity index (χ4v) is 2.29. The molecule has 0 aliphatic carbocycles. The van der Waals surface area contributed by atoms with Crippen LogP contribution in [0.5, 0.6) is 0 Å². The zero-order valence-electron chi connectivity index (χ0n) is 11.8. The van der Waals surface area contributed by atoms with E-state index in [0.717, 1.165) is 5.56 Å². The molecule has 0 bridgehead atoms. The molecule has 0 amide bonds. The molecule has 0 unspecified atom stereocenters. The van der Waals surface area contributed by atoms with Crippen LogP contribution in [0.1, 0.15) is 18.9 Å². The van der Waals surface area contributed by atoms with Crippen molar-refractivity contribution in [2.75, 3.05) is 13.7 Å². The predicted octanol–water partition coefficient (Wildman–Crippen LogP) is 1.43. The van der Waals surface area contributed by atoms with E-state index in [4.69, 9.17) is 9.47 Å². The normalized spacial score (nSPS) is 24.1. The van der Waals surface area contributed by atoms with Gasteiger partial charge in [0.1, 0.15) is 6.10 Å². The first-order chi connectivity index (χ1) is 9.99. The first-order valence-corrected chi connectivity index (χ1v) is 6.52. The highest BCUT2D eigenvalue weighted by molar-refractivity contribution is 5.99. The van der Waals surface area contributed by atoms with Gasteiger partial charge in [-0.3, -0.25) is 10.1 Å². The van der Waals surface area contributed by atoms with Gasteiger partial charge in [0, 0.05) is 10.5 Å². The third-order valence-electron chi connectivity index (χ3n) is 3.50. The topological polar surface area (TPSA) is 91.0 Å². The maximum absolute atomic E-state index is 12.1. The largest absolute Gasteiger partial charge is 0.471 e. The number of aliphatic imine (C=N–C) groups is 1. The van der Waals surface area contributed by atoms with Crippen LogP contribution in [0, 0.1) is 10.1 Å². The van der Waals surface area contributed by atoms with Crippen LogP contribution in [-0.2, 0) is 14.3 Å². The minimum absolute atomic E-state index is 0.0653. The molecule has 0 fully saturated rings. The molecule has 0 spiro atoms. The highest BCUT2D eigenvalue weighted by Crippen LogP contribution is 2.32. The second-order valence-electron chi connectivity index (χ2n) is 4.77. The number of rotatable bonds is 5. The number of nitrogens with zero attached hydrogens (tertiary/aromatic N) is 2. The molecule has 2 atom stereocenters. The third-order valence-corrected chi connectivity index (χ3v) is 3.50. The Balaban J connectivity index is 2.37. The molecule has 2 rings (SSSR count). The maximum Gasteiger partial charge on any atom is 0.338 e. The van der Waals surface area contributed by atoms with Gasteiger partial charge in [0.25, 0.3) is 0 Å². The van der Waals surface area contributed by atoms with Crippen molar-refractivity contribution < 1.29 is 19.2 Å². The fraction of sp³-hybridized carbons (Fsp3) is 0.429. The molecule has 1 aromatic rings. The highest BCUT2D eigenvalue weighted by Gasteiger charge is 2.52. The Morgan fingerprint density at radius 2 is 2.14 bits per heavy atom. The van der Waals surface area contributed by atoms with Gasteiger partial charge in [-0.05, 0) is 19.1 Å². The zero-order chi connectivity index (χ0) is 15.5. The number of ether oxygens (including phenoxy) is 2. The molecule has 112 valence electrons. The van der Waals surface area contributed by atoms with E-state index in [2.05, 4.69) is 4.99 Å². The molecule has 0 N–H and O–H groups in total. The van der Waals surface area contributed by atoms with Crippen molar-refractivity contribution in [2.24, 2.45) is 4.99 Å². The third kappa shape index (κ3) is 2.86. The molecule has 1 aliphatic heterocycles. The Morgan fingerprint density at radius 1 is 1.48 bits per heavy atom. The molecular formula is C14H16N2O5. The second-order valence-corrected chi connectivity index (χ2v) is 4.77. The molecule has 1 aliphatic rings. The van der Waals surface area contributed by atoms with Crippen molar-refractivity contribution >= 4 is 11.9 Å². The number of nitro groups is 1. The van der Waals surface area contributed by atoms with E-state index in [1.807, 2.05) is 18.2 Å². The standard InChI is InChI=1S/C14H16N2O5/c1-10-14(13(17)20-2,8-9-16(18)19)15-12(21-10)11-6-4-3-5-7-11/h3-7,10H,8-9H2,1-2H3/t10-,14+/m1/s1. The lowest BCUT2D eigenvalue weighted by atomic mass is 9.90. The Hall–Kier alpha value is -2.44. The van der Waals surface area contributed by atoms with E-state index in [0.29, 0.717) is 5.90 Å². The number of methoxy groups -OCH3 is 1. The van der Waals surface area contributed by atoms with Crippen LogP contribution in [0.4, 0.5) is 0 Å². The number of carbonyl (C=O) groups excluding carboxylic acids is 1. The summed E-state index contributed by atoms with van der Waals surface area (Å²) >= 11 is 0. The molecule has 1 aromatic carbocycles. The van der Waals surface area contributed by atoms with Crippen molar-refractivity contribution in [1.82, 2.24) is 0 Å². The van der Waals surface area contributed by atoms with Gasteiger partial charge in [0.2, 0.25) is 18.0 Å². The molecular weight excluding hydrogens is 276 g/mol. The summed E-state index contributed by atoms with van der Waals surface area (Å²) in [6, 6.07) is 9.09. The molecule has 0 aromatic heterocycles. The predicted molar refractivity (Wildman–Crippen MR) is 74.8 cm³/mol. The highest BCUT2D eigenvalue weighted by atomic mass is 16.6. The average molecular weight is 292 g/mol. The van der Waals surface area contributed by atoms with Gasteiger partial charge in [-0.15, -0.1) is 0 Å². The van der Waals surface area contributed by atoms with E-state index >= 15 is 0 Å². The minimum atomic E-state index is -1.37.